The maximum absolute atomic E-state index is 13.1. The summed E-state index contributed by atoms with van der Waals surface area (Å²) in [4.78, 5) is 11.5. The van der Waals surface area contributed by atoms with Crippen LogP contribution in [0.2, 0.25) is 0 Å². The third-order valence-electron chi connectivity index (χ3n) is 10.9. The first-order valence-corrected chi connectivity index (χ1v) is 13.8. The molecule has 1 aliphatic heterocycles. The Morgan fingerprint density at radius 2 is 1.81 bits per heavy atom. The van der Waals surface area contributed by atoms with Crippen LogP contribution in [-0.2, 0) is 15.7 Å². The number of allylic oxidation sites excluding steroid dienone is 1. The van der Waals surface area contributed by atoms with E-state index in [1.54, 1.807) is 12.1 Å². The number of ether oxygens (including phenoxy) is 1. The van der Waals surface area contributed by atoms with Crippen LogP contribution in [0.4, 0.5) is 18.9 Å². The van der Waals surface area contributed by atoms with Gasteiger partial charge in [-0.25, -0.2) is 0 Å². The molecule has 200 valence electrons. The van der Waals surface area contributed by atoms with Gasteiger partial charge in [0, 0.05) is 25.0 Å². The maximum atomic E-state index is 13.1. The van der Waals surface area contributed by atoms with Crippen molar-refractivity contribution in [1.29, 1.82) is 0 Å². The predicted octanol–water partition coefficient (Wildman–Crippen LogP) is 7.39. The number of carbonyl (C=O) groups excluding carboxylic acids is 1. The standard InChI is InChI=1S/C30H37F3N2O2/c1-17-27-26(34-35(17)21-8-5-19(6-9-21)30(31,32)33)16-25-23-10-7-20-15-22(37-18(2)36)11-13-28(20,3)24(23)12-14-29(25,27)4/h5-9,17,22-25,27H,10-16H2,1-4H3/t17-,22-,23+,24-,25-,27-,28-,29-/m0/s1. The van der Waals surface area contributed by atoms with Crippen molar-refractivity contribution >= 4 is 17.4 Å². The first-order valence-electron chi connectivity index (χ1n) is 13.8. The number of anilines is 1. The van der Waals surface area contributed by atoms with Crippen LogP contribution in [0.3, 0.4) is 0 Å². The zero-order chi connectivity index (χ0) is 26.3. The fourth-order valence-corrected chi connectivity index (χ4v) is 9.21. The van der Waals surface area contributed by atoms with Gasteiger partial charge in [-0.3, -0.25) is 9.80 Å². The van der Waals surface area contributed by atoms with E-state index in [2.05, 4.69) is 26.8 Å². The van der Waals surface area contributed by atoms with Crippen molar-refractivity contribution in [2.24, 2.45) is 39.6 Å². The van der Waals surface area contributed by atoms with Crippen LogP contribution in [0.1, 0.15) is 78.2 Å². The van der Waals surface area contributed by atoms with Crippen LogP contribution in [0.15, 0.2) is 41.0 Å². The van der Waals surface area contributed by atoms with Crippen molar-refractivity contribution in [3.63, 3.8) is 0 Å². The molecule has 0 spiro atoms. The Labute approximate surface area is 217 Å². The van der Waals surface area contributed by atoms with Crippen LogP contribution in [-0.4, -0.2) is 23.8 Å². The van der Waals surface area contributed by atoms with E-state index in [1.807, 2.05) is 5.01 Å². The summed E-state index contributed by atoms with van der Waals surface area (Å²) in [5.41, 5.74) is 3.17. The fraction of sp³-hybridized carbons (Fsp3) is 0.667. The molecule has 0 unspecified atom stereocenters. The molecule has 1 aromatic rings. The van der Waals surface area contributed by atoms with E-state index in [1.165, 1.54) is 24.6 Å². The van der Waals surface area contributed by atoms with E-state index in [0.717, 1.165) is 56.3 Å². The van der Waals surface area contributed by atoms with Gasteiger partial charge in [-0.05, 0) is 98.3 Å². The molecule has 1 heterocycles. The molecular formula is C30H37F3N2O2. The highest BCUT2D eigenvalue weighted by molar-refractivity contribution is 5.94. The largest absolute Gasteiger partial charge is 0.462 e. The molecule has 3 saturated carbocycles. The van der Waals surface area contributed by atoms with Crippen molar-refractivity contribution in [1.82, 2.24) is 0 Å². The van der Waals surface area contributed by atoms with Crippen LogP contribution in [0.5, 0.6) is 0 Å². The second-order valence-corrected chi connectivity index (χ2v) is 12.7. The average Bonchev–Trinajstić information content (AvgIpc) is 3.32. The number of hydrogen-bond donors (Lipinski definition) is 0. The summed E-state index contributed by atoms with van der Waals surface area (Å²) in [6.07, 6.45) is 5.45. The Morgan fingerprint density at radius 1 is 1.08 bits per heavy atom. The molecule has 0 bridgehead atoms. The molecule has 7 heteroatoms. The number of esters is 1. The number of hydrogen-bond acceptors (Lipinski definition) is 4. The van der Waals surface area contributed by atoms with Gasteiger partial charge in [0.25, 0.3) is 0 Å². The summed E-state index contributed by atoms with van der Waals surface area (Å²) in [5, 5.41) is 7.00. The molecule has 0 amide bonds. The summed E-state index contributed by atoms with van der Waals surface area (Å²) < 4.78 is 44.8. The molecule has 6 rings (SSSR count). The minimum Gasteiger partial charge on any atom is -0.462 e. The van der Waals surface area contributed by atoms with Gasteiger partial charge < -0.3 is 4.74 Å². The number of rotatable bonds is 2. The van der Waals surface area contributed by atoms with Crippen LogP contribution in [0.25, 0.3) is 0 Å². The lowest BCUT2D eigenvalue weighted by Gasteiger charge is -2.58. The predicted molar refractivity (Wildman–Crippen MR) is 137 cm³/mol. The van der Waals surface area contributed by atoms with Gasteiger partial charge in [-0.1, -0.05) is 25.5 Å². The average molecular weight is 515 g/mol. The Morgan fingerprint density at radius 3 is 2.49 bits per heavy atom. The van der Waals surface area contributed by atoms with Gasteiger partial charge >= 0.3 is 12.1 Å². The second kappa shape index (κ2) is 8.34. The number of nitrogens with zero attached hydrogens (tertiary/aromatic N) is 2. The number of benzene rings is 1. The fourth-order valence-electron chi connectivity index (χ4n) is 9.21. The van der Waals surface area contributed by atoms with Gasteiger partial charge in [-0.15, -0.1) is 0 Å². The zero-order valence-corrected chi connectivity index (χ0v) is 22.1. The summed E-state index contributed by atoms with van der Waals surface area (Å²) in [6, 6.07) is 5.57. The van der Waals surface area contributed by atoms with E-state index >= 15 is 0 Å². The highest BCUT2D eigenvalue weighted by Crippen LogP contribution is 2.67. The lowest BCUT2D eigenvalue weighted by molar-refractivity contribution is -0.148. The number of carbonyl (C=O) groups is 1. The summed E-state index contributed by atoms with van der Waals surface area (Å²) in [5.74, 6) is 1.99. The van der Waals surface area contributed by atoms with Gasteiger partial charge in [0.2, 0.25) is 0 Å². The molecule has 0 radical (unpaired) electrons. The van der Waals surface area contributed by atoms with Gasteiger partial charge in [-0.2, -0.15) is 18.3 Å². The third-order valence-corrected chi connectivity index (χ3v) is 10.9. The SMILES string of the molecule is CC(=O)O[C@H]1CC[C@@]2(C)C(=CC[C@H]3[C@@H]4CC5=NN(c6ccc(C(F)(F)F)cc6)[C@@H](C)[C@@H]5[C@@]4(C)CC[C@@H]32)C1. The smallest absolute Gasteiger partial charge is 0.416 e. The molecule has 0 aromatic heterocycles. The summed E-state index contributed by atoms with van der Waals surface area (Å²) in [6.45, 7) is 8.59. The Bertz CT molecular complexity index is 1160. The molecule has 37 heavy (non-hydrogen) atoms. The lowest BCUT2D eigenvalue weighted by Crippen LogP contribution is -2.52. The van der Waals surface area contributed by atoms with Crippen molar-refractivity contribution in [3.05, 3.63) is 41.5 Å². The first-order chi connectivity index (χ1) is 17.4. The van der Waals surface area contributed by atoms with Crippen LogP contribution in [0, 0.1) is 34.5 Å². The third kappa shape index (κ3) is 3.77. The van der Waals surface area contributed by atoms with E-state index in [-0.39, 0.29) is 28.9 Å². The Hall–Kier alpha value is -2.31. The topological polar surface area (TPSA) is 41.9 Å². The van der Waals surface area contributed by atoms with Gasteiger partial charge in [0.1, 0.15) is 6.10 Å². The second-order valence-electron chi connectivity index (χ2n) is 12.7. The molecule has 4 nitrogen and oxygen atoms in total. The molecular weight excluding hydrogens is 477 g/mol. The van der Waals surface area contributed by atoms with Crippen molar-refractivity contribution < 1.29 is 22.7 Å². The van der Waals surface area contributed by atoms with Crippen LogP contribution < -0.4 is 5.01 Å². The van der Waals surface area contributed by atoms with E-state index in [4.69, 9.17) is 9.84 Å². The Kier molecular flexibility index (Phi) is 5.64. The van der Waals surface area contributed by atoms with Gasteiger partial charge in [0.05, 0.1) is 17.3 Å². The van der Waals surface area contributed by atoms with E-state index in [0.29, 0.717) is 23.7 Å². The van der Waals surface area contributed by atoms with E-state index in [9.17, 15) is 18.0 Å². The zero-order valence-electron chi connectivity index (χ0n) is 22.1. The number of halogens is 3. The first kappa shape index (κ1) is 25.0. The highest BCUT2D eigenvalue weighted by Gasteiger charge is 2.63. The summed E-state index contributed by atoms with van der Waals surface area (Å²) >= 11 is 0. The molecule has 1 aromatic carbocycles. The molecule has 4 aliphatic carbocycles. The number of hydrazone groups is 1. The van der Waals surface area contributed by atoms with Crippen molar-refractivity contribution in [3.8, 4) is 0 Å². The molecule has 0 saturated heterocycles. The monoisotopic (exact) mass is 514 g/mol. The van der Waals surface area contributed by atoms with E-state index < -0.39 is 11.7 Å². The highest BCUT2D eigenvalue weighted by atomic mass is 19.4. The number of fused-ring (bicyclic) bond motifs is 7. The van der Waals surface area contributed by atoms with Gasteiger partial charge in [0.15, 0.2) is 0 Å². The molecule has 0 N–H and O–H groups in total. The minimum atomic E-state index is -4.33. The molecule has 8 atom stereocenters. The maximum Gasteiger partial charge on any atom is 0.416 e. The normalized spacial score (nSPS) is 40.7. The summed E-state index contributed by atoms with van der Waals surface area (Å²) in [7, 11) is 0. The quantitative estimate of drug-likeness (QED) is 0.305. The molecule has 3 fully saturated rings. The van der Waals surface area contributed by atoms with Crippen LogP contribution >= 0.6 is 0 Å². The van der Waals surface area contributed by atoms with Crippen molar-refractivity contribution in [2.75, 3.05) is 5.01 Å². The number of alkyl halides is 3. The van der Waals surface area contributed by atoms with Crippen molar-refractivity contribution in [2.45, 2.75) is 91.0 Å². The minimum absolute atomic E-state index is 0.0134. The lowest BCUT2D eigenvalue weighted by atomic mass is 9.47. The Balaban J connectivity index is 1.25. The molecule has 5 aliphatic rings.